The zero-order valence-corrected chi connectivity index (χ0v) is 12.6. The molecule has 1 atom stereocenters. The Balaban J connectivity index is 2.82. The maximum atomic E-state index is 11.7. The van der Waals surface area contributed by atoms with Crippen LogP contribution in [-0.4, -0.2) is 29.1 Å². The molecule has 1 rings (SSSR count). The normalized spacial score (nSPS) is 11.6. The van der Waals surface area contributed by atoms with Crippen molar-refractivity contribution in [1.82, 2.24) is 5.32 Å². The van der Waals surface area contributed by atoms with Gasteiger partial charge in [0, 0.05) is 5.02 Å². The highest BCUT2D eigenvalue weighted by Gasteiger charge is 2.22. The van der Waals surface area contributed by atoms with E-state index >= 15 is 0 Å². The molecule has 0 aromatic heterocycles. The van der Waals surface area contributed by atoms with Gasteiger partial charge < -0.3 is 21.5 Å². The SMILES string of the molecule is NC(=O)CC(NC(=O)Nc1c(Cl)cc(Cl)cc1Cl)C(=O)O. The standard InChI is InChI=1S/C11H10Cl3N3O4/c12-4-1-5(13)9(6(14)2-4)17-11(21)16-7(10(19)20)3-8(15)18/h1-2,7H,3H2,(H2,15,18)(H,19,20)(H2,16,17,21). The molecule has 0 bridgehead atoms. The third-order valence-electron chi connectivity index (χ3n) is 2.25. The van der Waals surface area contributed by atoms with Gasteiger partial charge in [-0.05, 0) is 12.1 Å². The van der Waals surface area contributed by atoms with Crippen molar-refractivity contribution in [3.63, 3.8) is 0 Å². The molecule has 21 heavy (non-hydrogen) atoms. The minimum atomic E-state index is -1.47. The maximum absolute atomic E-state index is 11.7. The van der Waals surface area contributed by atoms with E-state index in [2.05, 4.69) is 10.6 Å². The number of carboxylic acid groups (broad SMARTS) is 1. The van der Waals surface area contributed by atoms with E-state index in [1.165, 1.54) is 12.1 Å². The molecule has 0 saturated carbocycles. The predicted molar refractivity (Wildman–Crippen MR) is 78.9 cm³/mol. The number of aliphatic carboxylic acids is 1. The van der Waals surface area contributed by atoms with Gasteiger partial charge in [-0.2, -0.15) is 0 Å². The molecule has 0 fully saturated rings. The number of nitrogens with one attached hydrogen (secondary N) is 2. The number of rotatable bonds is 5. The average molecular weight is 355 g/mol. The van der Waals surface area contributed by atoms with Crippen molar-refractivity contribution in [2.45, 2.75) is 12.5 Å². The second-order valence-electron chi connectivity index (χ2n) is 3.90. The van der Waals surface area contributed by atoms with Crippen molar-refractivity contribution in [3.8, 4) is 0 Å². The molecule has 1 aromatic carbocycles. The lowest BCUT2D eigenvalue weighted by Crippen LogP contribution is -2.45. The Morgan fingerprint density at radius 3 is 2.14 bits per heavy atom. The van der Waals surface area contributed by atoms with Crippen LogP contribution in [0.3, 0.4) is 0 Å². The van der Waals surface area contributed by atoms with Gasteiger partial charge in [0.1, 0.15) is 6.04 Å². The van der Waals surface area contributed by atoms with Crippen LogP contribution in [-0.2, 0) is 9.59 Å². The van der Waals surface area contributed by atoms with Gasteiger partial charge in [-0.25, -0.2) is 9.59 Å². The molecule has 0 aliphatic heterocycles. The van der Waals surface area contributed by atoms with Gasteiger partial charge in [-0.1, -0.05) is 34.8 Å². The minimum Gasteiger partial charge on any atom is -0.480 e. The Hall–Kier alpha value is -1.70. The van der Waals surface area contributed by atoms with E-state index in [-0.39, 0.29) is 20.8 Å². The first kappa shape index (κ1) is 17.4. The van der Waals surface area contributed by atoms with Gasteiger partial charge in [0.2, 0.25) is 5.91 Å². The van der Waals surface area contributed by atoms with Crippen molar-refractivity contribution >= 4 is 58.4 Å². The van der Waals surface area contributed by atoms with Crippen LogP contribution >= 0.6 is 34.8 Å². The molecule has 114 valence electrons. The lowest BCUT2D eigenvalue weighted by Gasteiger charge is -2.15. The number of halogens is 3. The zero-order chi connectivity index (χ0) is 16.2. The Bertz CT molecular complexity index is 571. The molecule has 0 aliphatic rings. The summed E-state index contributed by atoms with van der Waals surface area (Å²) >= 11 is 17.4. The van der Waals surface area contributed by atoms with Crippen LogP contribution in [0.4, 0.5) is 10.5 Å². The minimum absolute atomic E-state index is 0.0587. The van der Waals surface area contributed by atoms with Gasteiger partial charge in [0.15, 0.2) is 0 Å². The quantitative estimate of drug-likeness (QED) is 0.646. The Labute approximate surface area is 134 Å². The number of urea groups is 1. The molecule has 0 heterocycles. The summed E-state index contributed by atoms with van der Waals surface area (Å²) in [7, 11) is 0. The fraction of sp³-hybridized carbons (Fsp3) is 0.182. The number of benzene rings is 1. The summed E-state index contributed by atoms with van der Waals surface area (Å²) in [5.41, 5.74) is 4.95. The summed E-state index contributed by atoms with van der Waals surface area (Å²) in [4.78, 5) is 33.3. The lowest BCUT2D eigenvalue weighted by molar-refractivity contribution is -0.140. The van der Waals surface area contributed by atoms with Crippen LogP contribution in [0.1, 0.15) is 6.42 Å². The van der Waals surface area contributed by atoms with Crippen LogP contribution in [0.5, 0.6) is 0 Å². The summed E-state index contributed by atoms with van der Waals surface area (Å²) in [6.45, 7) is 0. The van der Waals surface area contributed by atoms with Gasteiger partial charge in [-0.3, -0.25) is 4.79 Å². The highest BCUT2D eigenvalue weighted by atomic mass is 35.5. The Kier molecular flexibility index (Phi) is 6.07. The molecular weight excluding hydrogens is 344 g/mol. The molecule has 1 unspecified atom stereocenters. The van der Waals surface area contributed by atoms with Crippen LogP contribution in [0.2, 0.25) is 15.1 Å². The molecule has 0 spiro atoms. The van der Waals surface area contributed by atoms with Crippen molar-refractivity contribution in [2.75, 3.05) is 5.32 Å². The fourth-order valence-corrected chi connectivity index (χ4v) is 2.28. The van der Waals surface area contributed by atoms with E-state index in [0.717, 1.165) is 0 Å². The summed E-state index contributed by atoms with van der Waals surface area (Å²) < 4.78 is 0. The summed E-state index contributed by atoms with van der Waals surface area (Å²) in [5, 5.41) is 13.6. The maximum Gasteiger partial charge on any atom is 0.326 e. The number of carboxylic acids is 1. The van der Waals surface area contributed by atoms with E-state index < -0.39 is 30.4 Å². The third-order valence-corrected chi connectivity index (χ3v) is 3.07. The predicted octanol–water partition coefficient (Wildman–Crippen LogP) is 2.10. The number of nitrogens with two attached hydrogens (primary N) is 1. The number of primary amides is 1. The van der Waals surface area contributed by atoms with Crippen molar-refractivity contribution in [3.05, 3.63) is 27.2 Å². The van der Waals surface area contributed by atoms with Crippen LogP contribution in [0, 0.1) is 0 Å². The topological polar surface area (TPSA) is 122 Å². The smallest absolute Gasteiger partial charge is 0.326 e. The zero-order valence-electron chi connectivity index (χ0n) is 10.3. The Morgan fingerprint density at radius 2 is 1.71 bits per heavy atom. The number of carbonyl (C=O) groups excluding carboxylic acids is 2. The number of amides is 3. The van der Waals surface area contributed by atoms with Crippen molar-refractivity contribution < 1.29 is 19.5 Å². The van der Waals surface area contributed by atoms with Gasteiger partial charge in [0.25, 0.3) is 0 Å². The van der Waals surface area contributed by atoms with Crippen LogP contribution in [0.25, 0.3) is 0 Å². The summed E-state index contributed by atoms with van der Waals surface area (Å²) in [6.07, 6.45) is -0.551. The van der Waals surface area contributed by atoms with Crippen molar-refractivity contribution in [1.29, 1.82) is 0 Å². The molecular formula is C11H10Cl3N3O4. The lowest BCUT2D eigenvalue weighted by atomic mass is 10.2. The second kappa shape index (κ2) is 7.35. The summed E-state index contributed by atoms with van der Waals surface area (Å²) in [6, 6.07) is 0.327. The first-order chi connectivity index (χ1) is 9.70. The number of anilines is 1. The van der Waals surface area contributed by atoms with Crippen LogP contribution < -0.4 is 16.4 Å². The average Bonchev–Trinajstić information content (AvgIpc) is 2.32. The number of hydrogen-bond acceptors (Lipinski definition) is 3. The summed E-state index contributed by atoms with van der Waals surface area (Å²) in [5.74, 6) is -2.28. The molecule has 10 heteroatoms. The van der Waals surface area contributed by atoms with E-state index in [0.29, 0.717) is 0 Å². The monoisotopic (exact) mass is 353 g/mol. The van der Waals surface area contributed by atoms with E-state index in [9.17, 15) is 14.4 Å². The molecule has 0 radical (unpaired) electrons. The second-order valence-corrected chi connectivity index (χ2v) is 5.15. The van der Waals surface area contributed by atoms with Gasteiger partial charge in [-0.15, -0.1) is 0 Å². The first-order valence-electron chi connectivity index (χ1n) is 5.44. The highest BCUT2D eigenvalue weighted by Crippen LogP contribution is 2.33. The molecule has 1 aromatic rings. The van der Waals surface area contributed by atoms with Crippen molar-refractivity contribution in [2.24, 2.45) is 5.73 Å². The van der Waals surface area contributed by atoms with Gasteiger partial charge in [0.05, 0.1) is 22.2 Å². The van der Waals surface area contributed by atoms with E-state index in [1.807, 2.05) is 0 Å². The third kappa shape index (κ3) is 5.30. The number of carbonyl (C=O) groups is 3. The molecule has 3 amide bonds. The van der Waals surface area contributed by atoms with E-state index in [4.69, 9.17) is 45.6 Å². The van der Waals surface area contributed by atoms with E-state index in [1.54, 1.807) is 0 Å². The molecule has 5 N–H and O–H groups in total. The molecule has 7 nitrogen and oxygen atoms in total. The number of hydrogen-bond donors (Lipinski definition) is 4. The fourth-order valence-electron chi connectivity index (χ4n) is 1.37. The Morgan fingerprint density at radius 1 is 1.19 bits per heavy atom. The highest BCUT2D eigenvalue weighted by molar-refractivity contribution is 6.42. The first-order valence-corrected chi connectivity index (χ1v) is 6.57. The molecule has 0 aliphatic carbocycles. The largest absolute Gasteiger partial charge is 0.480 e. The molecule has 0 saturated heterocycles. The van der Waals surface area contributed by atoms with Gasteiger partial charge >= 0.3 is 12.0 Å². The van der Waals surface area contributed by atoms with Crippen LogP contribution in [0.15, 0.2) is 12.1 Å².